The first kappa shape index (κ1) is 21.0. The summed E-state index contributed by atoms with van der Waals surface area (Å²) in [5, 5.41) is 2.31. The zero-order chi connectivity index (χ0) is 23.1. The Morgan fingerprint density at radius 1 is 0.853 bits per heavy atom. The predicted octanol–water partition coefficient (Wildman–Crippen LogP) is 4.48. The van der Waals surface area contributed by atoms with Crippen LogP contribution in [0.3, 0.4) is 0 Å². The van der Waals surface area contributed by atoms with E-state index >= 15 is 0 Å². The molecule has 2 fully saturated rings. The molecular formula is C28H29N3O3. The minimum Gasteiger partial charge on any atom is -0.482 e. The van der Waals surface area contributed by atoms with Crippen molar-refractivity contribution < 1.29 is 9.53 Å². The van der Waals surface area contributed by atoms with E-state index in [0.29, 0.717) is 11.6 Å². The Balaban J connectivity index is 1.45. The second kappa shape index (κ2) is 8.67. The van der Waals surface area contributed by atoms with Gasteiger partial charge < -0.3 is 9.64 Å². The van der Waals surface area contributed by atoms with Gasteiger partial charge in [-0.25, -0.2) is 0 Å². The Bertz CT molecular complexity index is 1240. The van der Waals surface area contributed by atoms with Gasteiger partial charge in [0.25, 0.3) is 5.91 Å². The molecule has 1 saturated carbocycles. The van der Waals surface area contributed by atoms with Gasteiger partial charge >= 0.3 is 0 Å². The first-order chi connectivity index (χ1) is 16.7. The molecule has 6 nitrogen and oxygen atoms in total. The fraction of sp³-hybridized carbons (Fsp3) is 0.357. The number of hydrogen-bond acceptors (Lipinski definition) is 4. The van der Waals surface area contributed by atoms with E-state index in [1.165, 1.54) is 11.6 Å². The molecule has 34 heavy (non-hydrogen) atoms. The number of amides is 1. The minimum absolute atomic E-state index is 0.0240. The highest BCUT2D eigenvalue weighted by molar-refractivity contribution is 5.96. The molecule has 6 heteroatoms. The molecule has 6 rings (SSSR count). The quantitative estimate of drug-likeness (QED) is 0.550. The van der Waals surface area contributed by atoms with Crippen LogP contribution in [0.1, 0.15) is 59.8 Å². The van der Waals surface area contributed by atoms with Crippen molar-refractivity contribution in [3.05, 3.63) is 100.0 Å². The third-order valence-electron chi connectivity index (χ3n) is 7.23. The fourth-order valence-corrected chi connectivity index (χ4v) is 5.37. The second-order valence-electron chi connectivity index (χ2n) is 9.60. The molecule has 1 aliphatic carbocycles. The summed E-state index contributed by atoms with van der Waals surface area (Å²) in [7, 11) is 0. The summed E-state index contributed by atoms with van der Waals surface area (Å²) >= 11 is 0. The Morgan fingerprint density at radius 2 is 1.59 bits per heavy atom. The maximum Gasteiger partial charge on any atom is 0.278 e. The van der Waals surface area contributed by atoms with Crippen molar-refractivity contribution in [2.45, 2.75) is 50.9 Å². The number of carbonyl (C=O) groups is 1. The molecule has 1 saturated heterocycles. The van der Waals surface area contributed by atoms with Crippen LogP contribution >= 0.6 is 0 Å². The SMILES string of the molecule is O=C1c2c(OCc3ccccc3)c(=O)ccn2N2C(c3ccccc3)CCCC2N1CC1CC1. The maximum absolute atomic E-state index is 13.9. The summed E-state index contributed by atoms with van der Waals surface area (Å²) < 4.78 is 7.99. The van der Waals surface area contributed by atoms with Gasteiger partial charge in [0, 0.05) is 18.8 Å². The van der Waals surface area contributed by atoms with Gasteiger partial charge in [0.1, 0.15) is 12.8 Å². The van der Waals surface area contributed by atoms with E-state index in [1.807, 2.05) is 46.0 Å². The van der Waals surface area contributed by atoms with Crippen LogP contribution in [-0.4, -0.2) is 28.2 Å². The van der Waals surface area contributed by atoms with E-state index in [9.17, 15) is 9.59 Å². The van der Waals surface area contributed by atoms with Crippen molar-refractivity contribution in [1.82, 2.24) is 9.58 Å². The molecule has 2 aliphatic heterocycles. The van der Waals surface area contributed by atoms with E-state index < -0.39 is 0 Å². The van der Waals surface area contributed by atoms with Crippen molar-refractivity contribution in [3.63, 3.8) is 0 Å². The molecule has 0 radical (unpaired) electrons. The number of pyridine rings is 1. The molecule has 2 aromatic carbocycles. The van der Waals surface area contributed by atoms with Crippen molar-refractivity contribution in [3.8, 4) is 5.75 Å². The van der Waals surface area contributed by atoms with Crippen LogP contribution in [0, 0.1) is 5.92 Å². The van der Waals surface area contributed by atoms with Crippen LogP contribution in [-0.2, 0) is 6.61 Å². The number of aromatic nitrogens is 1. The van der Waals surface area contributed by atoms with Crippen LogP contribution in [0.2, 0.25) is 0 Å². The van der Waals surface area contributed by atoms with Crippen LogP contribution in [0.25, 0.3) is 0 Å². The summed E-state index contributed by atoms with van der Waals surface area (Å²) in [5.41, 5.74) is 2.28. The molecule has 3 aliphatic rings. The Morgan fingerprint density at radius 3 is 2.32 bits per heavy atom. The normalized spacial score (nSPS) is 21.7. The van der Waals surface area contributed by atoms with Gasteiger partial charge in [-0.3, -0.25) is 19.3 Å². The lowest BCUT2D eigenvalue weighted by Crippen LogP contribution is -2.64. The smallest absolute Gasteiger partial charge is 0.278 e. The standard InChI is InChI=1S/C28H29N3O3/c32-24-16-17-30-26(27(24)34-19-21-8-3-1-4-9-21)28(33)29(18-20-14-15-20)25-13-7-12-23(31(25)30)22-10-5-2-6-11-22/h1-6,8-11,16-17,20,23,25H,7,12-15,18-19H2. The van der Waals surface area contributed by atoms with Gasteiger partial charge in [0.15, 0.2) is 11.4 Å². The zero-order valence-corrected chi connectivity index (χ0v) is 19.2. The summed E-state index contributed by atoms with van der Waals surface area (Å²) in [6.45, 7) is 0.983. The van der Waals surface area contributed by atoms with Gasteiger partial charge in [-0.2, -0.15) is 0 Å². The lowest BCUT2D eigenvalue weighted by atomic mass is 9.93. The first-order valence-electron chi connectivity index (χ1n) is 12.3. The van der Waals surface area contributed by atoms with Crippen molar-refractivity contribution >= 4 is 5.91 Å². The zero-order valence-electron chi connectivity index (χ0n) is 19.2. The predicted molar refractivity (Wildman–Crippen MR) is 130 cm³/mol. The molecule has 2 unspecified atom stereocenters. The van der Waals surface area contributed by atoms with E-state index in [0.717, 1.165) is 44.2 Å². The van der Waals surface area contributed by atoms with Crippen molar-refractivity contribution in [1.29, 1.82) is 0 Å². The molecular weight excluding hydrogens is 426 g/mol. The average Bonchev–Trinajstić information content (AvgIpc) is 3.71. The highest BCUT2D eigenvalue weighted by atomic mass is 16.5. The van der Waals surface area contributed by atoms with Crippen LogP contribution in [0.4, 0.5) is 0 Å². The first-order valence-corrected chi connectivity index (χ1v) is 12.3. The van der Waals surface area contributed by atoms with Crippen molar-refractivity contribution in [2.75, 3.05) is 11.6 Å². The second-order valence-corrected chi connectivity index (χ2v) is 9.60. The number of ether oxygens (including phenoxy) is 1. The van der Waals surface area contributed by atoms with Crippen molar-refractivity contribution in [2.24, 2.45) is 5.92 Å². The van der Waals surface area contributed by atoms with E-state index in [4.69, 9.17) is 4.74 Å². The summed E-state index contributed by atoms with van der Waals surface area (Å²) in [6.07, 6.45) is 7.04. The molecule has 2 atom stereocenters. The number of carbonyl (C=O) groups excluding carboxylic acids is 1. The highest BCUT2D eigenvalue weighted by Crippen LogP contribution is 2.41. The number of fused-ring (bicyclic) bond motifs is 3. The van der Waals surface area contributed by atoms with Gasteiger partial charge in [-0.15, -0.1) is 0 Å². The molecule has 3 heterocycles. The van der Waals surface area contributed by atoms with E-state index in [1.54, 1.807) is 6.20 Å². The number of nitrogens with zero attached hydrogens (tertiary/aromatic N) is 3. The number of rotatable bonds is 6. The summed E-state index contributed by atoms with van der Waals surface area (Å²) in [4.78, 5) is 28.9. The molecule has 1 amide bonds. The average molecular weight is 456 g/mol. The summed E-state index contributed by atoms with van der Waals surface area (Å²) in [5.74, 6) is 0.606. The maximum atomic E-state index is 13.9. The number of piperidine rings is 1. The molecule has 3 aromatic rings. The van der Waals surface area contributed by atoms with Gasteiger partial charge in [-0.1, -0.05) is 60.7 Å². The molecule has 174 valence electrons. The fourth-order valence-electron chi connectivity index (χ4n) is 5.37. The van der Waals surface area contributed by atoms with Crippen LogP contribution in [0.15, 0.2) is 77.7 Å². The third kappa shape index (κ3) is 3.77. The number of benzene rings is 2. The third-order valence-corrected chi connectivity index (χ3v) is 7.23. The Kier molecular flexibility index (Phi) is 5.36. The van der Waals surface area contributed by atoms with E-state index in [2.05, 4.69) is 29.3 Å². The Hall–Kier alpha value is -3.54. The monoisotopic (exact) mass is 455 g/mol. The van der Waals surface area contributed by atoms with Gasteiger partial charge in [0.05, 0.1) is 6.04 Å². The molecule has 0 bridgehead atoms. The minimum atomic E-state index is -0.256. The van der Waals surface area contributed by atoms with Crippen LogP contribution in [0.5, 0.6) is 5.75 Å². The topological polar surface area (TPSA) is 54.8 Å². The lowest BCUT2D eigenvalue weighted by Gasteiger charge is -2.52. The lowest BCUT2D eigenvalue weighted by molar-refractivity contribution is 0.0457. The van der Waals surface area contributed by atoms with Gasteiger partial charge in [0.2, 0.25) is 5.43 Å². The van der Waals surface area contributed by atoms with E-state index in [-0.39, 0.29) is 35.9 Å². The molecule has 0 N–H and O–H groups in total. The summed E-state index contributed by atoms with van der Waals surface area (Å²) in [6, 6.07) is 21.9. The molecule has 0 spiro atoms. The van der Waals surface area contributed by atoms with Crippen LogP contribution < -0.4 is 15.2 Å². The Labute approximate surface area is 199 Å². The highest BCUT2D eigenvalue weighted by Gasteiger charge is 2.46. The number of hydrogen-bond donors (Lipinski definition) is 0. The molecule has 1 aromatic heterocycles. The largest absolute Gasteiger partial charge is 0.482 e. The van der Waals surface area contributed by atoms with Gasteiger partial charge in [-0.05, 0) is 49.1 Å².